The first-order valence-electron chi connectivity index (χ1n) is 13.1. The van der Waals surface area contributed by atoms with Crippen LogP contribution in [0.2, 0.25) is 0 Å². The van der Waals surface area contributed by atoms with Gasteiger partial charge in [-0.3, -0.25) is 19.4 Å². The van der Waals surface area contributed by atoms with E-state index in [0.717, 1.165) is 14.7 Å². The molecule has 5 rings (SSSR count). The van der Waals surface area contributed by atoms with E-state index in [1.165, 1.54) is 34.6 Å². The second-order valence-corrected chi connectivity index (χ2v) is 12.5. The minimum absolute atomic E-state index is 0.103. The lowest BCUT2D eigenvalue weighted by Crippen LogP contribution is -2.53. The van der Waals surface area contributed by atoms with Crippen molar-refractivity contribution in [3.05, 3.63) is 72.6 Å². The Kier molecular flexibility index (Phi) is 8.29. The van der Waals surface area contributed by atoms with E-state index in [1.807, 2.05) is 43.3 Å². The Labute approximate surface area is 241 Å². The van der Waals surface area contributed by atoms with Gasteiger partial charge in [-0.15, -0.1) is 0 Å². The summed E-state index contributed by atoms with van der Waals surface area (Å²) >= 11 is 1.29. The number of rotatable bonds is 8. The number of carbonyl (C=O) groups is 4. The van der Waals surface area contributed by atoms with Crippen molar-refractivity contribution in [3.8, 4) is 15.5 Å². The third kappa shape index (κ3) is 5.78. The number of hydrogen-bond donors (Lipinski definition) is 1. The Morgan fingerprint density at radius 3 is 2.56 bits per heavy atom. The number of sulfonamides is 1. The molecule has 3 atom stereocenters. The first kappa shape index (κ1) is 28.6. The van der Waals surface area contributed by atoms with Gasteiger partial charge >= 0.3 is 11.2 Å². The van der Waals surface area contributed by atoms with E-state index in [4.69, 9.17) is 4.74 Å². The Balaban J connectivity index is 1.26. The molecule has 0 saturated carbocycles. The van der Waals surface area contributed by atoms with Gasteiger partial charge in [-0.2, -0.15) is 4.31 Å². The lowest BCUT2D eigenvalue weighted by molar-refractivity contribution is -0.138. The predicted molar refractivity (Wildman–Crippen MR) is 151 cm³/mol. The number of amides is 2. The summed E-state index contributed by atoms with van der Waals surface area (Å²) < 4.78 is 32.6. The summed E-state index contributed by atoms with van der Waals surface area (Å²) in [7, 11) is -4.55. The molecule has 0 bridgehead atoms. The molecule has 3 aromatic rings. The maximum Gasteiger partial charge on any atom is 0.414 e. The van der Waals surface area contributed by atoms with Crippen molar-refractivity contribution in [2.24, 2.45) is 0 Å². The fourth-order valence-corrected chi connectivity index (χ4v) is 7.54. The van der Waals surface area contributed by atoms with Crippen molar-refractivity contribution >= 4 is 44.3 Å². The molecule has 2 aliphatic rings. The highest BCUT2D eigenvalue weighted by Gasteiger charge is 2.55. The molecule has 2 fully saturated rings. The van der Waals surface area contributed by atoms with Gasteiger partial charge in [0.05, 0.1) is 12.6 Å². The summed E-state index contributed by atoms with van der Waals surface area (Å²) in [4.78, 5) is 58.2. The van der Waals surface area contributed by atoms with Gasteiger partial charge < -0.3 is 15.0 Å². The van der Waals surface area contributed by atoms with E-state index in [-0.39, 0.29) is 25.1 Å². The zero-order valence-corrected chi connectivity index (χ0v) is 23.8. The lowest BCUT2D eigenvalue weighted by Gasteiger charge is -2.27. The standard InChI is InChI=1S/C28H28N4O7S2/c1-2-8-19(30-28(36)39-24-13-12-23(40-24)18-9-4-3-5-10-18)26(34)31-16-14-21-25(31)22(33)17-32(21)41(37,38)27(35)20-11-6-7-15-29-20/h3-7,9-13,15,19,21,25H,2,8,14,16-17H2,1H3,(H,30,36). The number of thiophene rings is 1. The van der Waals surface area contributed by atoms with Crippen LogP contribution in [0.4, 0.5) is 4.79 Å². The molecule has 2 aliphatic heterocycles. The first-order chi connectivity index (χ1) is 19.7. The van der Waals surface area contributed by atoms with Crippen molar-refractivity contribution in [1.29, 1.82) is 0 Å². The van der Waals surface area contributed by atoms with E-state index in [1.54, 1.807) is 12.1 Å². The summed E-state index contributed by atoms with van der Waals surface area (Å²) in [6.07, 6.45) is 1.52. The van der Waals surface area contributed by atoms with Gasteiger partial charge in [0.15, 0.2) is 10.8 Å². The van der Waals surface area contributed by atoms with Crippen molar-refractivity contribution < 1.29 is 32.3 Å². The molecule has 11 nitrogen and oxygen atoms in total. The van der Waals surface area contributed by atoms with Crippen LogP contribution in [-0.2, 0) is 19.6 Å². The smallest absolute Gasteiger partial charge is 0.399 e. The van der Waals surface area contributed by atoms with E-state index in [0.29, 0.717) is 11.5 Å². The largest absolute Gasteiger partial charge is 0.414 e. The second-order valence-electron chi connectivity index (χ2n) is 9.71. The van der Waals surface area contributed by atoms with Gasteiger partial charge in [0.2, 0.25) is 5.91 Å². The molecular formula is C28H28N4O7S2. The highest BCUT2D eigenvalue weighted by molar-refractivity contribution is 8.04. The number of fused-ring (bicyclic) bond motifs is 1. The first-order valence-corrected chi connectivity index (χ1v) is 15.4. The minimum atomic E-state index is -4.55. The number of nitrogens with zero attached hydrogens (tertiary/aromatic N) is 3. The minimum Gasteiger partial charge on any atom is -0.399 e. The van der Waals surface area contributed by atoms with Crippen molar-refractivity contribution in [2.45, 2.75) is 44.3 Å². The Morgan fingerprint density at radius 1 is 1.10 bits per heavy atom. The van der Waals surface area contributed by atoms with Crippen LogP contribution in [0.3, 0.4) is 0 Å². The van der Waals surface area contributed by atoms with Crippen molar-refractivity contribution in [2.75, 3.05) is 13.1 Å². The normalized spacial score (nSPS) is 19.5. The van der Waals surface area contributed by atoms with Crippen LogP contribution >= 0.6 is 11.3 Å². The topological polar surface area (TPSA) is 143 Å². The number of aromatic nitrogens is 1. The molecule has 4 heterocycles. The van der Waals surface area contributed by atoms with E-state index < -0.39 is 57.6 Å². The molecule has 3 unspecified atom stereocenters. The van der Waals surface area contributed by atoms with Crippen molar-refractivity contribution in [3.63, 3.8) is 0 Å². The summed E-state index contributed by atoms with van der Waals surface area (Å²) in [6.45, 7) is 1.44. The second kappa shape index (κ2) is 11.9. The quantitative estimate of drug-likeness (QED) is 0.418. The number of likely N-dealkylation sites (tertiary alicyclic amines) is 1. The number of ether oxygens (including phenoxy) is 1. The van der Waals surface area contributed by atoms with Crippen LogP contribution < -0.4 is 10.1 Å². The third-order valence-electron chi connectivity index (χ3n) is 7.08. The Morgan fingerprint density at radius 2 is 1.85 bits per heavy atom. The molecule has 2 aromatic heterocycles. The van der Waals surface area contributed by atoms with E-state index in [2.05, 4.69) is 10.3 Å². The number of benzene rings is 1. The Hall–Kier alpha value is -3.94. The van der Waals surface area contributed by atoms with Crippen LogP contribution in [0, 0.1) is 0 Å². The highest BCUT2D eigenvalue weighted by atomic mass is 32.2. The Bertz CT molecular complexity index is 1560. The third-order valence-corrected chi connectivity index (χ3v) is 9.79. The van der Waals surface area contributed by atoms with Crippen LogP contribution in [0.15, 0.2) is 66.9 Å². The summed E-state index contributed by atoms with van der Waals surface area (Å²) in [5.41, 5.74) is 0.732. The van der Waals surface area contributed by atoms with Gasteiger partial charge in [0, 0.05) is 17.6 Å². The number of pyridine rings is 1. The van der Waals surface area contributed by atoms with Crippen LogP contribution in [0.5, 0.6) is 5.06 Å². The average Bonchev–Trinajstić information content (AvgIpc) is 3.70. The number of nitrogens with one attached hydrogen (secondary N) is 1. The molecule has 0 spiro atoms. The zero-order chi connectivity index (χ0) is 29.1. The SMILES string of the molecule is CCCC(NC(=O)Oc1ccc(-c2ccccc2)s1)C(=O)N1CCC2C1C(=O)CN2S(=O)(=O)C(=O)c1ccccn1. The number of carbonyl (C=O) groups excluding carboxylic acids is 4. The van der Waals surface area contributed by atoms with Crippen LogP contribution in [0.1, 0.15) is 36.7 Å². The number of ketones is 1. The van der Waals surface area contributed by atoms with Crippen LogP contribution in [-0.4, -0.2) is 76.7 Å². The molecule has 214 valence electrons. The van der Waals surface area contributed by atoms with Gasteiger partial charge in [0.25, 0.3) is 10.0 Å². The molecular weight excluding hydrogens is 568 g/mol. The van der Waals surface area contributed by atoms with E-state index in [9.17, 15) is 27.6 Å². The van der Waals surface area contributed by atoms with Crippen LogP contribution in [0.25, 0.3) is 10.4 Å². The molecule has 1 aromatic carbocycles. The number of Topliss-reactive ketones (excluding diaryl/α,β-unsaturated/α-hetero) is 1. The fourth-order valence-electron chi connectivity index (χ4n) is 5.20. The molecule has 0 radical (unpaired) electrons. The van der Waals surface area contributed by atoms with Gasteiger partial charge in [0.1, 0.15) is 17.8 Å². The van der Waals surface area contributed by atoms with E-state index >= 15 is 0 Å². The van der Waals surface area contributed by atoms with Gasteiger partial charge in [-0.05, 0) is 42.7 Å². The molecule has 2 saturated heterocycles. The summed E-state index contributed by atoms with van der Waals surface area (Å²) in [6, 6.07) is 14.6. The summed E-state index contributed by atoms with van der Waals surface area (Å²) in [5, 5.41) is 1.77. The zero-order valence-electron chi connectivity index (χ0n) is 22.1. The molecule has 2 amide bonds. The average molecular weight is 597 g/mol. The van der Waals surface area contributed by atoms with Gasteiger partial charge in [-0.25, -0.2) is 13.2 Å². The van der Waals surface area contributed by atoms with Gasteiger partial charge in [-0.1, -0.05) is 61.1 Å². The lowest BCUT2D eigenvalue weighted by atomic mass is 10.1. The molecule has 13 heteroatoms. The fraction of sp³-hybridized carbons (Fsp3) is 0.321. The predicted octanol–water partition coefficient (Wildman–Crippen LogP) is 3.09. The maximum absolute atomic E-state index is 13.6. The monoisotopic (exact) mass is 596 g/mol. The highest BCUT2D eigenvalue weighted by Crippen LogP contribution is 2.34. The summed E-state index contributed by atoms with van der Waals surface area (Å²) in [5.74, 6) is -0.987. The maximum atomic E-state index is 13.6. The molecule has 0 aliphatic carbocycles. The number of hydrogen-bond acceptors (Lipinski definition) is 9. The molecule has 41 heavy (non-hydrogen) atoms. The van der Waals surface area contributed by atoms with Crippen molar-refractivity contribution in [1.82, 2.24) is 19.5 Å². The molecule has 1 N–H and O–H groups in total.